The van der Waals surface area contributed by atoms with E-state index in [2.05, 4.69) is 38.8 Å². The Hall–Kier alpha value is -1.00. The third-order valence-electron chi connectivity index (χ3n) is 4.41. The van der Waals surface area contributed by atoms with Crippen LogP contribution in [0.25, 0.3) is 0 Å². The average Bonchev–Trinajstić information content (AvgIpc) is 2.53. The molecule has 1 aliphatic carbocycles. The van der Waals surface area contributed by atoms with Gasteiger partial charge in [0.15, 0.2) is 0 Å². The third kappa shape index (κ3) is 7.85. The van der Waals surface area contributed by atoms with Gasteiger partial charge in [0, 0.05) is 5.57 Å². The number of allylic oxidation sites excluding steroid dienone is 2. The van der Waals surface area contributed by atoms with Gasteiger partial charge in [-0.25, -0.2) is 0 Å². The summed E-state index contributed by atoms with van der Waals surface area (Å²) in [7, 11) is 0. The second-order valence-corrected chi connectivity index (χ2v) is 6.76. The van der Waals surface area contributed by atoms with Crippen LogP contribution < -0.4 is 0 Å². The van der Waals surface area contributed by atoms with Gasteiger partial charge in [-0.2, -0.15) is 0 Å². The van der Waals surface area contributed by atoms with Crippen molar-refractivity contribution >= 4 is 0 Å². The van der Waals surface area contributed by atoms with Gasteiger partial charge in [0.2, 0.25) is 0 Å². The maximum absolute atomic E-state index is 6.10. The van der Waals surface area contributed by atoms with Crippen LogP contribution in [0.3, 0.4) is 0 Å². The van der Waals surface area contributed by atoms with Gasteiger partial charge in [0.25, 0.3) is 0 Å². The average molecular weight is 303 g/mol. The highest BCUT2D eigenvalue weighted by Gasteiger charge is 2.12. The molecule has 1 nitrogen and oxygen atoms in total. The topological polar surface area (TPSA) is 9.23 Å². The number of unbranched alkanes of at least 4 members (excludes halogenated alkanes) is 2. The highest BCUT2D eigenvalue weighted by atomic mass is 16.5. The van der Waals surface area contributed by atoms with Gasteiger partial charge in [0.1, 0.15) is 0 Å². The van der Waals surface area contributed by atoms with E-state index in [1.165, 1.54) is 51.4 Å². The lowest BCUT2D eigenvalue weighted by molar-refractivity contribution is 0.0748. The molecule has 1 saturated carbocycles. The van der Waals surface area contributed by atoms with Gasteiger partial charge >= 0.3 is 0 Å². The van der Waals surface area contributed by atoms with E-state index in [0.29, 0.717) is 5.92 Å². The number of rotatable bonds is 9. The zero-order valence-electron chi connectivity index (χ0n) is 14.9. The summed E-state index contributed by atoms with van der Waals surface area (Å²) in [5.41, 5.74) is 2.69. The highest BCUT2D eigenvalue weighted by molar-refractivity contribution is 5.26. The molecule has 1 unspecified atom stereocenters. The molecule has 0 aromatic rings. The van der Waals surface area contributed by atoms with Crippen molar-refractivity contribution in [3.8, 4) is 12.3 Å². The number of hydrogen-bond acceptors (Lipinski definition) is 1. The van der Waals surface area contributed by atoms with Gasteiger partial charge in [-0.05, 0) is 50.5 Å². The summed E-state index contributed by atoms with van der Waals surface area (Å²) in [6.07, 6.45) is 21.6. The van der Waals surface area contributed by atoms with Gasteiger partial charge < -0.3 is 4.74 Å². The molecule has 1 atom stereocenters. The minimum Gasteiger partial charge on any atom is -0.370 e. The Labute approximate surface area is 138 Å². The van der Waals surface area contributed by atoms with Gasteiger partial charge in [-0.15, -0.1) is 6.42 Å². The molecule has 0 aliphatic heterocycles. The maximum Gasteiger partial charge on any atom is 0.0794 e. The van der Waals surface area contributed by atoms with Crippen molar-refractivity contribution in [2.24, 2.45) is 5.92 Å². The highest BCUT2D eigenvalue weighted by Crippen LogP contribution is 2.23. The summed E-state index contributed by atoms with van der Waals surface area (Å²) in [5.74, 6) is 3.31. The van der Waals surface area contributed by atoms with Crippen molar-refractivity contribution < 1.29 is 4.74 Å². The van der Waals surface area contributed by atoms with Crippen LogP contribution in [0.4, 0.5) is 0 Å². The first-order valence-electron chi connectivity index (χ1n) is 9.14. The largest absolute Gasteiger partial charge is 0.370 e. The number of ether oxygens (including phenoxy) is 1. The van der Waals surface area contributed by atoms with Gasteiger partial charge in [-0.1, -0.05) is 57.6 Å². The second kappa shape index (κ2) is 11.6. The standard InChI is InChI=1S/C21H34O/c1-5-7-9-12-19(6-2)17-21(18(3)4)22-16-15-20-13-10-8-11-14-20/h2,15,17-18,21H,5,7-14,16H2,1,3-4H3/b19-17+. The molecule has 124 valence electrons. The Morgan fingerprint density at radius 2 is 1.95 bits per heavy atom. The van der Waals surface area contributed by atoms with Crippen molar-refractivity contribution in [2.45, 2.75) is 84.7 Å². The lowest BCUT2D eigenvalue weighted by Crippen LogP contribution is -2.18. The van der Waals surface area contributed by atoms with Crippen LogP contribution in [0.15, 0.2) is 23.3 Å². The van der Waals surface area contributed by atoms with Crippen LogP contribution in [0.5, 0.6) is 0 Å². The van der Waals surface area contributed by atoms with E-state index >= 15 is 0 Å². The Kier molecular flexibility index (Phi) is 10.0. The lowest BCUT2D eigenvalue weighted by atomic mass is 9.95. The monoisotopic (exact) mass is 302 g/mol. The van der Waals surface area contributed by atoms with E-state index in [4.69, 9.17) is 11.2 Å². The van der Waals surface area contributed by atoms with E-state index in [1.807, 2.05) is 0 Å². The molecular formula is C21H34O. The Bertz CT molecular complexity index is 387. The molecule has 1 fully saturated rings. The molecule has 0 bridgehead atoms. The molecule has 1 rings (SSSR count). The van der Waals surface area contributed by atoms with Gasteiger partial charge in [0.05, 0.1) is 12.7 Å². The van der Waals surface area contributed by atoms with E-state index in [0.717, 1.165) is 18.6 Å². The van der Waals surface area contributed by atoms with Crippen LogP contribution in [-0.2, 0) is 4.74 Å². The molecule has 1 aliphatic rings. The number of terminal acetylenes is 1. The summed E-state index contributed by atoms with van der Waals surface area (Å²) in [5, 5.41) is 0. The fourth-order valence-corrected chi connectivity index (χ4v) is 2.89. The smallest absolute Gasteiger partial charge is 0.0794 e. The van der Waals surface area contributed by atoms with Crippen molar-refractivity contribution in [1.82, 2.24) is 0 Å². The number of hydrogen-bond donors (Lipinski definition) is 0. The van der Waals surface area contributed by atoms with Crippen LogP contribution in [0, 0.1) is 18.3 Å². The maximum atomic E-state index is 6.10. The van der Waals surface area contributed by atoms with E-state index < -0.39 is 0 Å². The first-order chi connectivity index (χ1) is 10.7. The molecule has 0 heterocycles. The predicted molar refractivity (Wildman–Crippen MR) is 96.8 cm³/mol. The summed E-state index contributed by atoms with van der Waals surface area (Å²) in [4.78, 5) is 0. The van der Waals surface area contributed by atoms with Crippen molar-refractivity contribution in [2.75, 3.05) is 6.61 Å². The normalized spacial score (nSPS) is 17.4. The Balaban J connectivity index is 2.50. The molecule has 0 aromatic heterocycles. The molecule has 1 heteroatoms. The van der Waals surface area contributed by atoms with Crippen LogP contribution in [0.2, 0.25) is 0 Å². The summed E-state index contributed by atoms with van der Waals surface area (Å²) in [6.45, 7) is 7.35. The van der Waals surface area contributed by atoms with E-state index in [-0.39, 0.29) is 6.10 Å². The zero-order valence-corrected chi connectivity index (χ0v) is 14.9. The minimum atomic E-state index is 0.133. The van der Waals surface area contributed by atoms with Crippen molar-refractivity contribution in [3.63, 3.8) is 0 Å². The lowest BCUT2D eigenvalue weighted by Gasteiger charge is -2.19. The minimum absolute atomic E-state index is 0.133. The zero-order chi connectivity index (χ0) is 16.2. The Morgan fingerprint density at radius 1 is 1.23 bits per heavy atom. The molecule has 0 spiro atoms. The van der Waals surface area contributed by atoms with Crippen molar-refractivity contribution in [1.29, 1.82) is 0 Å². The van der Waals surface area contributed by atoms with Crippen LogP contribution in [-0.4, -0.2) is 12.7 Å². The van der Waals surface area contributed by atoms with Crippen molar-refractivity contribution in [3.05, 3.63) is 23.3 Å². The van der Waals surface area contributed by atoms with E-state index in [1.54, 1.807) is 5.57 Å². The fraction of sp³-hybridized carbons (Fsp3) is 0.714. The SMILES string of the molecule is C#C/C(=C\C(OCC=C1CCCCC1)C(C)C)CCCCC. The first kappa shape index (κ1) is 19.0. The molecule has 0 radical (unpaired) electrons. The molecule has 0 amide bonds. The van der Waals surface area contributed by atoms with Crippen LogP contribution >= 0.6 is 0 Å². The molecule has 0 saturated heterocycles. The van der Waals surface area contributed by atoms with Crippen LogP contribution in [0.1, 0.15) is 78.6 Å². The summed E-state index contributed by atoms with van der Waals surface area (Å²) < 4.78 is 6.10. The first-order valence-corrected chi connectivity index (χ1v) is 9.14. The molecule has 0 N–H and O–H groups in total. The molecule has 0 aromatic carbocycles. The third-order valence-corrected chi connectivity index (χ3v) is 4.41. The fourth-order valence-electron chi connectivity index (χ4n) is 2.89. The Morgan fingerprint density at radius 3 is 2.55 bits per heavy atom. The quantitative estimate of drug-likeness (QED) is 0.286. The molecular weight excluding hydrogens is 268 g/mol. The van der Waals surface area contributed by atoms with E-state index in [9.17, 15) is 0 Å². The summed E-state index contributed by atoms with van der Waals surface area (Å²) in [6, 6.07) is 0. The summed E-state index contributed by atoms with van der Waals surface area (Å²) >= 11 is 0. The second-order valence-electron chi connectivity index (χ2n) is 6.76. The van der Waals surface area contributed by atoms with Gasteiger partial charge in [-0.3, -0.25) is 0 Å². The predicted octanol–water partition coefficient (Wildman–Crippen LogP) is 6.06. The molecule has 22 heavy (non-hydrogen) atoms.